The van der Waals surface area contributed by atoms with Crippen LogP contribution in [0.1, 0.15) is 36.8 Å². The molecular formula is C14H15NO. The minimum atomic E-state index is -0.121. The zero-order chi connectivity index (χ0) is 11.2. The van der Waals surface area contributed by atoms with Gasteiger partial charge in [-0.05, 0) is 43.4 Å². The molecule has 0 saturated heterocycles. The summed E-state index contributed by atoms with van der Waals surface area (Å²) in [5, 5.41) is 9.06. The second kappa shape index (κ2) is 3.25. The largest absolute Gasteiger partial charge is 0.493 e. The van der Waals surface area contributed by atoms with Crippen molar-refractivity contribution in [3.05, 3.63) is 29.3 Å². The molecule has 0 N–H and O–H groups in total. The number of rotatable bonds is 1. The van der Waals surface area contributed by atoms with Crippen LogP contribution in [0.15, 0.2) is 18.2 Å². The highest BCUT2D eigenvalue weighted by atomic mass is 16.5. The van der Waals surface area contributed by atoms with Gasteiger partial charge in [0.25, 0.3) is 0 Å². The fraction of sp³-hybridized carbons (Fsp3) is 0.500. The summed E-state index contributed by atoms with van der Waals surface area (Å²) in [6.07, 6.45) is 3.22. The molecule has 2 atom stereocenters. The topological polar surface area (TPSA) is 33.0 Å². The Morgan fingerprint density at radius 2 is 2.38 bits per heavy atom. The van der Waals surface area contributed by atoms with Gasteiger partial charge in [0.1, 0.15) is 5.75 Å². The monoisotopic (exact) mass is 213 g/mol. The first-order chi connectivity index (χ1) is 7.73. The summed E-state index contributed by atoms with van der Waals surface area (Å²) in [6.45, 7) is 2.89. The van der Waals surface area contributed by atoms with Crippen LogP contribution in [0.2, 0.25) is 0 Å². The first-order valence-electron chi connectivity index (χ1n) is 5.90. The highest BCUT2D eigenvalue weighted by Gasteiger charge is 2.51. The Morgan fingerprint density at radius 3 is 3.12 bits per heavy atom. The number of aryl methyl sites for hydroxylation is 1. The highest BCUT2D eigenvalue weighted by molar-refractivity contribution is 5.43. The molecule has 0 spiro atoms. The van der Waals surface area contributed by atoms with Crippen molar-refractivity contribution >= 4 is 0 Å². The quantitative estimate of drug-likeness (QED) is 0.718. The maximum absolute atomic E-state index is 9.06. The average Bonchev–Trinajstić information content (AvgIpc) is 3.02. The van der Waals surface area contributed by atoms with Crippen molar-refractivity contribution in [2.75, 3.05) is 6.61 Å². The van der Waals surface area contributed by atoms with E-state index >= 15 is 0 Å². The van der Waals surface area contributed by atoms with E-state index < -0.39 is 0 Å². The average molecular weight is 213 g/mol. The maximum atomic E-state index is 9.06. The van der Waals surface area contributed by atoms with E-state index in [2.05, 4.69) is 24.3 Å². The molecule has 2 aliphatic rings. The third kappa shape index (κ3) is 1.39. The van der Waals surface area contributed by atoms with E-state index in [1.54, 1.807) is 0 Å². The second-order valence-corrected chi connectivity index (χ2v) is 5.11. The molecule has 1 heterocycles. The molecule has 0 radical (unpaired) electrons. The van der Waals surface area contributed by atoms with Gasteiger partial charge in [-0.1, -0.05) is 12.1 Å². The number of hydrogen-bond donors (Lipinski definition) is 0. The van der Waals surface area contributed by atoms with E-state index in [1.807, 2.05) is 6.92 Å². The predicted molar refractivity (Wildman–Crippen MR) is 61.3 cm³/mol. The van der Waals surface area contributed by atoms with Crippen molar-refractivity contribution < 1.29 is 4.74 Å². The molecule has 1 aliphatic carbocycles. The van der Waals surface area contributed by atoms with Gasteiger partial charge in [0, 0.05) is 5.92 Å². The van der Waals surface area contributed by atoms with Gasteiger partial charge in [-0.25, -0.2) is 0 Å². The molecule has 2 unspecified atom stereocenters. The number of fused-ring (bicyclic) bond motifs is 1. The molecule has 0 bridgehead atoms. The molecule has 0 amide bonds. The van der Waals surface area contributed by atoms with E-state index in [0.29, 0.717) is 5.92 Å². The van der Waals surface area contributed by atoms with Gasteiger partial charge in [-0.2, -0.15) is 5.26 Å². The lowest BCUT2D eigenvalue weighted by molar-refractivity contribution is 0.288. The summed E-state index contributed by atoms with van der Waals surface area (Å²) in [7, 11) is 0. The van der Waals surface area contributed by atoms with E-state index in [1.165, 1.54) is 11.1 Å². The van der Waals surface area contributed by atoms with E-state index in [9.17, 15) is 0 Å². The van der Waals surface area contributed by atoms with Crippen molar-refractivity contribution in [1.82, 2.24) is 0 Å². The number of benzene rings is 1. The van der Waals surface area contributed by atoms with Crippen LogP contribution in [0.25, 0.3) is 0 Å². The lowest BCUT2D eigenvalue weighted by Crippen LogP contribution is -2.08. The molecule has 1 aliphatic heterocycles. The van der Waals surface area contributed by atoms with Crippen LogP contribution in [0.4, 0.5) is 0 Å². The summed E-state index contributed by atoms with van der Waals surface area (Å²) in [4.78, 5) is 0. The number of ether oxygens (including phenoxy) is 1. The summed E-state index contributed by atoms with van der Waals surface area (Å²) in [5.74, 6) is 1.47. The molecule has 3 rings (SSSR count). The summed E-state index contributed by atoms with van der Waals surface area (Å²) >= 11 is 0. The Bertz CT molecular complexity index is 474. The maximum Gasteiger partial charge on any atom is 0.122 e. The molecule has 0 aromatic heterocycles. The minimum absolute atomic E-state index is 0.121. The Hall–Kier alpha value is -1.49. The van der Waals surface area contributed by atoms with Crippen molar-refractivity contribution in [2.45, 2.75) is 32.1 Å². The van der Waals surface area contributed by atoms with Crippen LogP contribution in [-0.2, 0) is 6.42 Å². The number of nitriles is 1. The van der Waals surface area contributed by atoms with E-state index in [0.717, 1.165) is 31.6 Å². The van der Waals surface area contributed by atoms with Crippen LogP contribution < -0.4 is 4.74 Å². The fourth-order valence-electron chi connectivity index (χ4n) is 2.57. The lowest BCUT2D eigenvalue weighted by atomic mass is 9.97. The molecule has 2 heteroatoms. The summed E-state index contributed by atoms with van der Waals surface area (Å²) < 4.78 is 5.59. The first-order valence-corrected chi connectivity index (χ1v) is 5.90. The third-order valence-electron chi connectivity index (χ3n) is 3.83. The van der Waals surface area contributed by atoms with Gasteiger partial charge in [0.15, 0.2) is 0 Å². The predicted octanol–water partition coefficient (Wildman–Crippen LogP) is 3.03. The SMILES string of the molecule is CC1(C#N)CC1c1ccc2c(c1)CCCO2. The van der Waals surface area contributed by atoms with Gasteiger partial charge in [-0.3, -0.25) is 0 Å². The van der Waals surface area contributed by atoms with Crippen LogP contribution in [0, 0.1) is 16.7 Å². The van der Waals surface area contributed by atoms with Crippen molar-refractivity contribution in [3.8, 4) is 11.8 Å². The summed E-state index contributed by atoms with van der Waals surface area (Å²) in [5.41, 5.74) is 2.51. The van der Waals surface area contributed by atoms with Gasteiger partial charge < -0.3 is 4.74 Å². The minimum Gasteiger partial charge on any atom is -0.493 e. The van der Waals surface area contributed by atoms with Crippen molar-refractivity contribution in [2.24, 2.45) is 5.41 Å². The van der Waals surface area contributed by atoms with Gasteiger partial charge in [-0.15, -0.1) is 0 Å². The second-order valence-electron chi connectivity index (χ2n) is 5.11. The Morgan fingerprint density at radius 1 is 1.50 bits per heavy atom. The van der Waals surface area contributed by atoms with Crippen LogP contribution in [0.3, 0.4) is 0 Å². The Labute approximate surface area is 95.8 Å². The molecule has 2 nitrogen and oxygen atoms in total. The van der Waals surface area contributed by atoms with Gasteiger partial charge in [0.05, 0.1) is 18.1 Å². The van der Waals surface area contributed by atoms with E-state index in [4.69, 9.17) is 10.00 Å². The smallest absolute Gasteiger partial charge is 0.122 e. The molecule has 82 valence electrons. The normalized spacial score (nSPS) is 31.1. The first kappa shape index (κ1) is 9.72. The molecule has 1 fully saturated rings. The molecule has 1 aromatic rings. The molecule has 1 aromatic carbocycles. The zero-order valence-corrected chi connectivity index (χ0v) is 9.49. The Kier molecular flexibility index (Phi) is 1.97. The Balaban J connectivity index is 1.91. The fourth-order valence-corrected chi connectivity index (χ4v) is 2.57. The van der Waals surface area contributed by atoms with Crippen molar-refractivity contribution in [3.63, 3.8) is 0 Å². The van der Waals surface area contributed by atoms with Crippen molar-refractivity contribution in [1.29, 1.82) is 5.26 Å². The van der Waals surface area contributed by atoms with Crippen LogP contribution in [-0.4, -0.2) is 6.61 Å². The lowest BCUT2D eigenvalue weighted by Gasteiger charge is -2.18. The van der Waals surface area contributed by atoms with Crippen LogP contribution >= 0.6 is 0 Å². The molecule has 1 saturated carbocycles. The van der Waals surface area contributed by atoms with Gasteiger partial charge in [0.2, 0.25) is 0 Å². The van der Waals surface area contributed by atoms with E-state index in [-0.39, 0.29) is 5.41 Å². The molecule has 16 heavy (non-hydrogen) atoms. The zero-order valence-electron chi connectivity index (χ0n) is 9.49. The number of hydrogen-bond acceptors (Lipinski definition) is 2. The standard InChI is InChI=1S/C14H15NO/c1-14(9-15)8-12(14)10-4-5-13-11(7-10)3-2-6-16-13/h4-5,7,12H,2-3,6,8H2,1H3. The molecular weight excluding hydrogens is 198 g/mol. The van der Waals surface area contributed by atoms with Gasteiger partial charge >= 0.3 is 0 Å². The number of nitrogens with zero attached hydrogens (tertiary/aromatic N) is 1. The highest BCUT2D eigenvalue weighted by Crippen LogP contribution is 2.58. The third-order valence-corrected chi connectivity index (χ3v) is 3.83. The summed E-state index contributed by atoms with van der Waals surface area (Å²) in [6, 6.07) is 8.84. The van der Waals surface area contributed by atoms with Crippen LogP contribution in [0.5, 0.6) is 5.75 Å².